The fraction of sp³-hybridized carbons (Fsp3) is 0.250. The molecule has 0 saturated carbocycles. The maximum atomic E-state index is 13.3. The van der Waals surface area contributed by atoms with Gasteiger partial charge in [-0.25, -0.2) is 4.39 Å². The van der Waals surface area contributed by atoms with Crippen LogP contribution in [0, 0.1) is 19.7 Å². The molecule has 0 heterocycles. The van der Waals surface area contributed by atoms with E-state index in [0.29, 0.717) is 17.0 Å². The van der Waals surface area contributed by atoms with Crippen molar-refractivity contribution in [1.29, 1.82) is 0 Å². The van der Waals surface area contributed by atoms with E-state index in [1.54, 1.807) is 13.0 Å². The smallest absolute Gasteiger partial charge is 0.123 e. The lowest BCUT2D eigenvalue weighted by molar-refractivity contribution is 0.178. The van der Waals surface area contributed by atoms with E-state index in [2.05, 4.69) is 0 Å². The molecule has 2 aromatic carbocycles. The van der Waals surface area contributed by atoms with Gasteiger partial charge in [-0.2, -0.15) is 0 Å². The second-order valence-corrected chi connectivity index (χ2v) is 5.28. The Balaban J connectivity index is 2.22. The highest BCUT2D eigenvalue weighted by Crippen LogP contribution is 2.25. The van der Waals surface area contributed by atoms with Crippen molar-refractivity contribution >= 4 is 11.6 Å². The molecule has 0 saturated heterocycles. The average molecular weight is 279 g/mol. The van der Waals surface area contributed by atoms with Crippen molar-refractivity contribution in [3.63, 3.8) is 0 Å². The molecule has 2 rings (SSSR count). The van der Waals surface area contributed by atoms with Gasteiger partial charge in [0.1, 0.15) is 5.82 Å². The first-order valence-electron chi connectivity index (χ1n) is 6.16. The van der Waals surface area contributed by atoms with Crippen LogP contribution in [0.3, 0.4) is 0 Å². The number of halogens is 2. The summed E-state index contributed by atoms with van der Waals surface area (Å²) >= 11 is 6.14. The molecule has 0 aliphatic heterocycles. The van der Waals surface area contributed by atoms with Crippen LogP contribution < -0.4 is 0 Å². The van der Waals surface area contributed by atoms with Gasteiger partial charge in [0.15, 0.2) is 0 Å². The number of aliphatic hydroxyl groups is 1. The summed E-state index contributed by atoms with van der Waals surface area (Å²) in [6, 6.07) is 10.3. The monoisotopic (exact) mass is 278 g/mol. The quantitative estimate of drug-likeness (QED) is 0.884. The zero-order valence-electron chi connectivity index (χ0n) is 11.0. The molecule has 2 aromatic rings. The van der Waals surface area contributed by atoms with E-state index >= 15 is 0 Å². The minimum absolute atomic E-state index is 0.330. The van der Waals surface area contributed by atoms with Gasteiger partial charge in [0.05, 0.1) is 6.10 Å². The van der Waals surface area contributed by atoms with Crippen LogP contribution >= 0.6 is 11.6 Å². The van der Waals surface area contributed by atoms with Gasteiger partial charge in [-0.1, -0.05) is 29.8 Å². The van der Waals surface area contributed by atoms with Crippen LogP contribution in [-0.2, 0) is 6.42 Å². The summed E-state index contributed by atoms with van der Waals surface area (Å²) in [6.45, 7) is 3.76. The molecular formula is C16H16ClFO. The maximum absolute atomic E-state index is 13.3. The van der Waals surface area contributed by atoms with Gasteiger partial charge in [-0.15, -0.1) is 0 Å². The summed E-state index contributed by atoms with van der Waals surface area (Å²) < 4.78 is 13.3. The van der Waals surface area contributed by atoms with Crippen LogP contribution in [0.4, 0.5) is 4.39 Å². The van der Waals surface area contributed by atoms with E-state index in [4.69, 9.17) is 11.6 Å². The predicted molar refractivity (Wildman–Crippen MR) is 76.0 cm³/mol. The summed E-state index contributed by atoms with van der Waals surface area (Å²) in [4.78, 5) is 0. The fourth-order valence-corrected chi connectivity index (χ4v) is 2.41. The molecule has 19 heavy (non-hydrogen) atoms. The van der Waals surface area contributed by atoms with Gasteiger partial charge in [0, 0.05) is 11.4 Å². The molecular weight excluding hydrogens is 263 g/mol. The Labute approximate surface area is 117 Å². The van der Waals surface area contributed by atoms with Crippen LogP contribution in [0.5, 0.6) is 0 Å². The van der Waals surface area contributed by atoms with Crippen LogP contribution in [0.1, 0.15) is 28.4 Å². The highest BCUT2D eigenvalue weighted by Gasteiger charge is 2.12. The molecule has 1 N–H and O–H groups in total. The van der Waals surface area contributed by atoms with Gasteiger partial charge in [-0.3, -0.25) is 0 Å². The summed E-state index contributed by atoms with van der Waals surface area (Å²) in [6.07, 6.45) is -0.378. The molecule has 0 aromatic heterocycles. The second-order valence-electron chi connectivity index (χ2n) is 4.88. The molecule has 0 radical (unpaired) electrons. The molecule has 100 valence electrons. The molecule has 1 nitrogen and oxygen atoms in total. The topological polar surface area (TPSA) is 20.2 Å². The molecule has 0 spiro atoms. The Hall–Kier alpha value is -1.38. The van der Waals surface area contributed by atoms with Crippen molar-refractivity contribution in [1.82, 2.24) is 0 Å². The Morgan fingerprint density at radius 1 is 1.11 bits per heavy atom. The van der Waals surface area contributed by atoms with Crippen molar-refractivity contribution in [3.05, 3.63) is 69.5 Å². The first kappa shape index (κ1) is 14.0. The largest absolute Gasteiger partial charge is 0.388 e. The third-order valence-corrected chi connectivity index (χ3v) is 3.42. The van der Waals surface area contributed by atoms with E-state index in [1.807, 2.05) is 25.1 Å². The van der Waals surface area contributed by atoms with Crippen molar-refractivity contribution < 1.29 is 9.50 Å². The molecule has 1 unspecified atom stereocenters. The van der Waals surface area contributed by atoms with Crippen LogP contribution in [0.2, 0.25) is 5.02 Å². The fourth-order valence-electron chi connectivity index (χ4n) is 2.10. The molecule has 3 heteroatoms. The van der Waals surface area contributed by atoms with E-state index in [-0.39, 0.29) is 5.82 Å². The third-order valence-electron chi connectivity index (χ3n) is 3.07. The molecule has 1 atom stereocenters. The molecule has 0 aliphatic carbocycles. The number of benzene rings is 2. The molecule has 0 amide bonds. The van der Waals surface area contributed by atoms with Crippen molar-refractivity contribution in [2.75, 3.05) is 0 Å². The lowest BCUT2D eigenvalue weighted by atomic mass is 9.99. The summed E-state index contributed by atoms with van der Waals surface area (Å²) in [5.74, 6) is -0.330. The van der Waals surface area contributed by atoms with Crippen LogP contribution in [-0.4, -0.2) is 5.11 Å². The Kier molecular flexibility index (Phi) is 4.23. The lowest BCUT2D eigenvalue weighted by Gasteiger charge is -2.13. The highest BCUT2D eigenvalue weighted by molar-refractivity contribution is 6.31. The SMILES string of the molecule is Cc1cc(F)cc(C(O)Cc2ccc(C)cc2Cl)c1. The van der Waals surface area contributed by atoms with E-state index in [1.165, 1.54) is 12.1 Å². The Morgan fingerprint density at radius 3 is 2.47 bits per heavy atom. The number of aliphatic hydroxyl groups excluding tert-OH is 1. The molecule has 0 bridgehead atoms. The number of rotatable bonds is 3. The first-order chi connectivity index (χ1) is 8.95. The standard InChI is InChI=1S/C16H16ClFO/c1-10-3-4-12(15(17)7-10)9-16(19)13-5-11(2)6-14(18)8-13/h3-8,16,19H,9H2,1-2H3. The highest BCUT2D eigenvalue weighted by atomic mass is 35.5. The average Bonchev–Trinajstić information content (AvgIpc) is 2.31. The Bertz CT molecular complexity index is 575. The third kappa shape index (κ3) is 3.55. The number of hydrogen-bond acceptors (Lipinski definition) is 1. The molecule has 0 fully saturated rings. The zero-order valence-corrected chi connectivity index (χ0v) is 11.7. The number of hydrogen-bond donors (Lipinski definition) is 1. The predicted octanol–water partition coefficient (Wildman–Crippen LogP) is 4.37. The van der Waals surface area contributed by atoms with Crippen molar-refractivity contribution in [2.24, 2.45) is 0 Å². The van der Waals surface area contributed by atoms with E-state index in [9.17, 15) is 9.50 Å². The van der Waals surface area contributed by atoms with Crippen LogP contribution in [0.25, 0.3) is 0 Å². The van der Waals surface area contributed by atoms with Crippen molar-refractivity contribution in [2.45, 2.75) is 26.4 Å². The van der Waals surface area contributed by atoms with Crippen LogP contribution in [0.15, 0.2) is 36.4 Å². The van der Waals surface area contributed by atoms with Gasteiger partial charge in [0.2, 0.25) is 0 Å². The molecule has 0 aliphatic rings. The summed E-state index contributed by atoms with van der Waals surface area (Å²) in [7, 11) is 0. The van der Waals surface area contributed by atoms with Gasteiger partial charge >= 0.3 is 0 Å². The minimum Gasteiger partial charge on any atom is -0.388 e. The van der Waals surface area contributed by atoms with Crippen molar-refractivity contribution in [3.8, 4) is 0 Å². The van der Waals surface area contributed by atoms with Gasteiger partial charge < -0.3 is 5.11 Å². The normalized spacial score (nSPS) is 12.5. The second kappa shape index (κ2) is 5.72. The zero-order chi connectivity index (χ0) is 14.0. The summed E-state index contributed by atoms with van der Waals surface area (Å²) in [5, 5.41) is 10.8. The van der Waals surface area contributed by atoms with E-state index < -0.39 is 6.10 Å². The van der Waals surface area contributed by atoms with E-state index in [0.717, 1.165) is 16.7 Å². The minimum atomic E-state index is -0.755. The maximum Gasteiger partial charge on any atom is 0.123 e. The van der Waals surface area contributed by atoms with Gasteiger partial charge in [0.25, 0.3) is 0 Å². The Morgan fingerprint density at radius 2 is 1.84 bits per heavy atom. The lowest BCUT2D eigenvalue weighted by Crippen LogP contribution is -2.03. The number of aryl methyl sites for hydroxylation is 2. The first-order valence-corrected chi connectivity index (χ1v) is 6.53. The summed E-state index contributed by atoms with van der Waals surface area (Å²) in [5.41, 5.74) is 3.31. The van der Waals surface area contributed by atoms with Gasteiger partial charge in [-0.05, 0) is 54.3 Å².